The number of rotatable bonds is 12. The van der Waals surface area contributed by atoms with Crippen LogP contribution in [0.3, 0.4) is 0 Å². The summed E-state index contributed by atoms with van der Waals surface area (Å²) >= 11 is 0. The highest BCUT2D eigenvalue weighted by Gasteiger charge is 2.36. The average molecular weight is 628 g/mol. The fourth-order valence-corrected chi connectivity index (χ4v) is 6.41. The first-order chi connectivity index (χ1) is 21.4. The summed E-state index contributed by atoms with van der Waals surface area (Å²) in [7, 11) is -2.77. The van der Waals surface area contributed by atoms with E-state index in [1.165, 1.54) is 24.1 Å². The molecule has 1 atom stereocenters. The Kier molecular flexibility index (Phi) is 10.7. The van der Waals surface area contributed by atoms with Gasteiger partial charge in [-0.2, -0.15) is 0 Å². The van der Waals surface area contributed by atoms with Crippen molar-refractivity contribution in [3.8, 4) is 5.75 Å². The summed E-state index contributed by atoms with van der Waals surface area (Å²) in [6, 6.07) is 30.9. The van der Waals surface area contributed by atoms with Crippen molar-refractivity contribution in [2.24, 2.45) is 0 Å². The van der Waals surface area contributed by atoms with Gasteiger partial charge in [0.05, 0.1) is 17.7 Å². The Bertz CT molecular complexity index is 1690. The minimum absolute atomic E-state index is 0.0279. The van der Waals surface area contributed by atoms with Crippen molar-refractivity contribution in [1.29, 1.82) is 0 Å². The zero-order chi connectivity index (χ0) is 32.6. The summed E-state index contributed by atoms with van der Waals surface area (Å²) in [5.74, 6) is -0.575. The fourth-order valence-electron chi connectivity index (χ4n) is 4.97. The molecule has 1 N–H and O–H groups in total. The number of amides is 2. The monoisotopic (exact) mass is 627 g/mol. The van der Waals surface area contributed by atoms with Gasteiger partial charge in [-0.15, -0.1) is 0 Å². The van der Waals surface area contributed by atoms with E-state index in [9.17, 15) is 18.0 Å². The van der Waals surface area contributed by atoms with Crippen molar-refractivity contribution >= 4 is 27.5 Å². The van der Waals surface area contributed by atoms with Crippen molar-refractivity contribution in [2.75, 3.05) is 18.0 Å². The van der Waals surface area contributed by atoms with Crippen LogP contribution in [0.25, 0.3) is 0 Å². The number of sulfonamides is 1. The summed E-state index contributed by atoms with van der Waals surface area (Å²) in [6.07, 6.45) is 0.237. The summed E-state index contributed by atoms with van der Waals surface area (Å²) in [5.41, 5.74) is 2.38. The molecule has 0 aromatic heterocycles. The van der Waals surface area contributed by atoms with E-state index in [1.54, 1.807) is 42.5 Å². The molecule has 0 saturated heterocycles. The molecular weight excluding hydrogens is 586 g/mol. The molecule has 4 aromatic carbocycles. The van der Waals surface area contributed by atoms with Crippen LogP contribution in [0.2, 0.25) is 0 Å². The third-order valence-electron chi connectivity index (χ3n) is 7.21. The highest BCUT2D eigenvalue weighted by Crippen LogP contribution is 2.32. The molecule has 0 radical (unpaired) electrons. The van der Waals surface area contributed by atoms with Gasteiger partial charge in [0.1, 0.15) is 18.3 Å². The molecule has 0 spiro atoms. The smallest absolute Gasteiger partial charge is 0.264 e. The maximum absolute atomic E-state index is 14.6. The van der Waals surface area contributed by atoms with E-state index >= 15 is 0 Å². The summed E-state index contributed by atoms with van der Waals surface area (Å²) in [5, 5.41) is 3.04. The van der Waals surface area contributed by atoms with Crippen LogP contribution >= 0.6 is 0 Å². The van der Waals surface area contributed by atoms with E-state index in [-0.39, 0.29) is 29.5 Å². The van der Waals surface area contributed by atoms with Crippen LogP contribution in [-0.4, -0.2) is 50.4 Å². The maximum Gasteiger partial charge on any atom is 0.264 e. The number of para-hydroxylation sites is 2. The molecule has 4 aromatic rings. The van der Waals surface area contributed by atoms with E-state index in [2.05, 4.69) is 5.32 Å². The number of carbonyl (C=O) groups is 2. The van der Waals surface area contributed by atoms with Gasteiger partial charge in [-0.25, -0.2) is 8.42 Å². The summed E-state index contributed by atoms with van der Waals surface area (Å²) < 4.78 is 34.9. The molecule has 0 saturated carbocycles. The molecule has 0 aliphatic rings. The van der Waals surface area contributed by atoms with Crippen molar-refractivity contribution < 1.29 is 22.7 Å². The second kappa shape index (κ2) is 14.4. The minimum atomic E-state index is -4.22. The lowest BCUT2D eigenvalue weighted by molar-refractivity contribution is -0.140. The zero-order valence-corrected chi connectivity index (χ0v) is 27.3. The average Bonchev–Trinajstić information content (AvgIpc) is 3.02. The fraction of sp³-hybridized carbons (Fsp3) is 0.278. The molecule has 0 aliphatic carbocycles. The Morgan fingerprint density at radius 3 is 1.98 bits per heavy atom. The molecule has 45 heavy (non-hydrogen) atoms. The predicted molar refractivity (Wildman–Crippen MR) is 178 cm³/mol. The van der Waals surface area contributed by atoms with Gasteiger partial charge in [0.2, 0.25) is 11.8 Å². The number of nitrogens with one attached hydrogen (secondary N) is 1. The second-order valence-corrected chi connectivity index (χ2v) is 13.8. The lowest BCUT2D eigenvalue weighted by Crippen LogP contribution is -2.56. The first-order valence-electron chi connectivity index (χ1n) is 14.8. The minimum Gasteiger partial charge on any atom is -0.495 e. The molecule has 8 nitrogen and oxygen atoms in total. The van der Waals surface area contributed by atoms with Crippen molar-refractivity contribution in [3.63, 3.8) is 0 Å². The largest absolute Gasteiger partial charge is 0.495 e. The van der Waals surface area contributed by atoms with E-state index in [1.807, 2.05) is 82.3 Å². The Hall–Kier alpha value is -4.63. The number of nitrogens with zero attached hydrogens (tertiary/aromatic N) is 2. The highest BCUT2D eigenvalue weighted by atomic mass is 32.2. The van der Waals surface area contributed by atoms with Gasteiger partial charge >= 0.3 is 0 Å². The van der Waals surface area contributed by atoms with Crippen LogP contribution in [0.4, 0.5) is 5.69 Å². The first kappa shape index (κ1) is 33.3. The van der Waals surface area contributed by atoms with Crippen LogP contribution in [-0.2, 0) is 32.6 Å². The molecule has 236 valence electrons. The molecule has 1 unspecified atom stereocenters. The Morgan fingerprint density at radius 2 is 1.38 bits per heavy atom. The van der Waals surface area contributed by atoms with E-state index in [0.717, 1.165) is 21.0 Å². The number of carbonyl (C=O) groups excluding carboxylic acids is 2. The third-order valence-corrected chi connectivity index (χ3v) is 8.98. The lowest BCUT2D eigenvalue weighted by atomic mass is 10.0. The van der Waals surface area contributed by atoms with Gasteiger partial charge in [0, 0.05) is 18.5 Å². The number of ether oxygens (including phenoxy) is 1. The molecular formula is C36H41N3O5S. The molecule has 2 amide bonds. The van der Waals surface area contributed by atoms with E-state index < -0.39 is 34.1 Å². The van der Waals surface area contributed by atoms with Crippen molar-refractivity contribution in [2.45, 2.75) is 57.1 Å². The van der Waals surface area contributed by atoms with Gasteiger partial charge in [-0.3, -0.25) is 13.9 Å². The Balaban J connectivity index is 1.83. The topological polar surface area (TPSA) is 96.0 Å². The molecule has 0 heterocycles. The number of anilines is 1. The highest BCUT2D eigenvalue weighted by molar-refractivity contribution is 7.92. The summed E-state index contributed by atoms with van der Waals surface area (Å²) in [6.45, 7) is 7.16. The quantitative estimate of drug-likeness (QED) is 0.216. The van der Waals surface area contributed by atoms with Crippen molar-refractivity contribution in [3.05, 3.63) is 126 Å². The molecule has 0 aliphatic heterocycles. The second-order valence-electron chi connectivity index (χ2n) is 11.9. The van der Waals surface area contributed by atoms with Crippen LogP contribution in [0.5, 0.6) is 5.75 Å². The first-order valence-corrected chi connectivity index (χ1v) is 16.2. The van der Waals surface area contributed by atoms with Crippen molar-refractivity contribution in [1.82, 2.24) is 10.2 Å². The van der Waals surface area contributed by atoms with Crippen LogP contribution in [0.15, 0.2) is 114 Å². The van der Waals surface area contributed by atoms with Gasteiger partial charge in [-0.1, -0.05) is 90.5 Å². The number of benzene rings is 4. The predicted octanol–water partition coefficient (Wildman–Crippen LogP) is 5.75. The van der Waals surface area contributed by atoms with E-state index in [4.69, 9.17) is 4.74 Å². The number of methoxy groups -OCH3 is 1. The summed E-state index contributed by atoms with van der Waals surface area (Å²) in [4.78, 5) is 30.1. The normalized spacial score (nSPS) is 12.2. The standard InChI is InChI=1S/C36H41N3O5S/c1-27-20-22-29(23-21-27)25-38(32(35(41)37-36(2,3)4)24-28-14-8-6-9-15-28)34(40)26-39(31-18-12-13-19-33(31)44-5)45(42,43)30-16-10-7-11-17-30/h6-23,32H,24-26H2,1-5H3,(H,37,41). The molecule has 0 fully saturated rings. The number of aryl methyl sites for hydroxylation is 1. The van der Waals surface area contributed by atoms with E-state index in [0.29, 0.717) is 5.75 Å². The molecule has 0 bridgehead atoms. The number of hydrogen-bond donors (Lipinski definition) is 1. The SMILES string of the molecule is COc1ccccc1N(CC(=O)N(Cc1ccc(C)cc1)C(Cc1ccccc1)C(=O)NC(C)(C)C)S(=O)(=O)c1ccccc1. The van der Waals surface area contributed by atoms with Gasteiger partial charge in [0.15, 0.2) is 0 Å². The van der Waals surface area contributed by atoms with Crippen LogP contribution in [0.1, 0.15) is 37.5 Å². The van der Waals surface area contributed by atoms with Gasteiger partial charge in [-0.05, 0) is 63.1 Å². The lowest BCUT2D eigenvalue weighted by Gasteiger charge is -2.35. The van der Waals surface area contributed by atoms with Gasteiger partial charge < -0.3 is 15.0 Å². The van der Waals surface area contributed by atoms with Crippen LogP contribution < -0.4 is 14.4 Å². The van der Waals surface area contributed by atoms with Crippen LogP contribution in [0, 0.1) is 6.92 Å². The Labute approximate surface area is 266 Å². The molecule has 9 heteroatoms. The number of hydrogen-bond acceptors (Lipinski definition) is 5. The molecule has 4 rings (SSSR count). The zero-order valence-electron chi connectivity index (χ0n) is 26.4. The Morgan fingerprint density at radius 1 is 0.800 bits per heavy atom. The van der Waals surface area contributed by atoms with Gasteiger partial charge in [0.25, 0.3) is 10.0 Å². The third kappa shape index (κ3) is 8.73. The maximum atomic E-state index is 14.6.